The molecule has 0 saturated heterocycles. The lowest BCUT2D eigenvalue weighted by atomic mass is 10.2. The second-order valence-electron chi connectivity index (χ2n) is 3.48. The Morgan fingerprint density at radius 1 is 1.00 bits per heavy atom. The molecule has 2 aromatic rings. The highest BCUT2D eigenvalue weighted by Gasteiger charge is 2.33. The fourth-order valence-electron chi connectivity index (χ4n) is 1.36. The van der Waals surface area contributed by atoms with Crippen LogP contribution < -0.4 is 4.74 Å². The monoisotopic (exact) mass is 315 g/mol. The predicted octanol–water partition coefficient (Wildman–Crippen LogP) is 5.06. The van der Waals surface area contributed by atoms with Crippen molar-refractivity contribution >= 4 is 15.9 Å². The number of ether oxygens (including phenoxy) is 1. The summed E-state index contributed by atoms with van der Waals surface area (Å²) in [6.45, 7) is 0. The molecule has 1 radical (unpaired) electrons. The standard InChI is InChI=1S/C13H7BrF3O/c14-12-7-6-10(8-11(12)13(15,16)17)18-9-4-2-1-3-5-9/h2-8H. The summed E-state index contributed by atoms with van der Waals surface area (Å²) in [5, 5.41) is 0. The van der Waals surface area contributed by atoms with Crippen molar-refractivity contribution in [2.75, 3.05) is 0 Å². The molecule has 2 aromatic carbocycles. The van der Waals surface area contributed by atoms with Gasteiger partial charge in [-0.25, -0.2) is 0 Å². The molecular formula is C13H7BrF3O. The Balaban J connectivity index is 2.31. The third kappa shape index (κ3) is 3.04. The SMILES string of the molecule is FC(F)(F)c1cc(Oc2cc[c]cc2)ccc1Br. The lowest BCUT2D eigenvalue weighted by molar-refractivity contribution is -0.138. The van der Waals surface area contributed by atoms with Gasteiger partial charge in [0.1, 0.15) is 11.5 Å². The van der Waals surface area contributed by atoms with Crippen molar-refractivity contribution in [3.05, 3.63) is 58.6 Å². The van der Waals surface area contributed by atoms with Crippen LogP contribution in [0.2, 0.25) is 0 Å². The highest BCUT2D eigenvalue weighted by molar-refractivity contribution is 9.10. The van der Waals surface area contributed by atoms with Crippen LogP contribution in [0.15, 0.2) is 46.9 Å². The van der Waals surface area contributed by atoms with E-state index in [0.29, 0.717) is 5.75 Å². The van der Waals surface area contributed by atoms with Crippen molar-refractivity contribution in [3.63, 3.8) is 0 Å². The number of hydrogen-bond donors (Lipinski definition) is 0. The zero-order chi connectivity index (χ0) is 13.2. The summed E-state index contributed by atoms with van der Waals surface area (Å²) in [4.78, 5) is 0. The molecule has 0 spiro atoms. The first-order chi connectivity index (χ1) is 8.47. The first-order valence-corrected chi connectivity index (χ1v) is 5.77. The van der Waals surface area contributed by atoms with Crippen LogP contribution in [0, 0.1) is 6.07 Å². The highest BCUT2D eigenvalue weighted by Crippen LogP contribution is 2.37. The number of rotatable bonds is 2. The van der Waals surface area contributed by atoms with E-state index in [2.05, 4.69) is 22.0 Å². The van der Waals surface area contributed by atoms with Crippen molar-refractivity contribution in [2.24, 2.45) is 0 Å². The number of halogens is 4. The molecule has 0 fully saturated rings. The van der Waals surface area contributed by atoms with Crippen LogP contribution in [-0.4, -0.2) is 0 Å². The van der Waals surface area contributed by atoms with Gasteiger partial charge in [0.2, 0.25) is 0 Å². The zero-order valence-corrected chi connectivity index (χ0v) is 10.5. The van der Waals surface area contributed by atoms with Crippen LogP contribution in [-0.2, 0) is 6.18 Å². The number of alkyl halides is 3. The number of hydrogen-bond acceptors (Lipinski definition) is 1. The smallest absolute Gasteiger partial charge is 0.417 e. The van der Waals surface area contributed by atoms with Crippen LogP contribution in [0.25, 0.3) is 0 Å². The molecule has 5 heteroatoms. The Kier molecular flexibility index (Phi) is 3.61. The summed E-state index contributed by atoms with van der Waals surface area (Å²) in [6, 6.07) is 13.0. The van der Waals surface area contributed by atoms with Crippen LogP contribution in [0.3, 0.4) is 0 Å². The summed E-state index contributed by atoms with van der Waals surface area (Å²) in [5.41, 5.74) is -0.762. The highest BCUT2D eigenvalue weighted by atomic mass is 79.9. The second-order valence-corrected chi connectivity index (χ2v) is 4.33. The maximum Gasteiger partial charge on any atom is 0.417 e. The van der Waals surface area contributed by atoms with E-state index in [9.17, 15) is 13.2 Å². The lowest BCUT2D eigenvalue weighted by Crippen LogP contribution is -2.06. The minimum absolute atomic E-state index is 0.0104. The fourth-order valence-corrected chi connectivity index (χ4v) is 1.83. The first-order valence-electron chi connectivity index (χ1n) is 4.97. The van der Waals surface area contributed by atoms with E-state index in [4.69, 9.17) is 4.74 Å². The Bertz CT molecular complexity index is 538. The van der Waals surface area contributed by atoms with Crippen LogP contribution >= 0.6 is 15.9 Å². The minimum Gasteiger partial charge on any atom is -0.457 e. The Morgan fingerprint density at radius 2 is 1.67 bits per heavy atom. The van der Waals surface area contributed by atoms with E-state index in [1.807, 2.05) is 0 Å². The largest absolute Gasteiger partial charge is 0.457 e. The average molecular weight is 316 g/mol. The Labute approximate surface area is 110 Å². The van der Waals surface area contributed by atoms with Gasteiger partial charge in [-0.15, -0.1) is 0 Å². The van der Waals surface area contributed by atoms with Gasteiger partial charge < -0.3 is 4.74 Å². The summed E-state index contributed by atoms with van der Waals surface area (Å²) in [5.74, 6) is 0.598. The van der Waals surface area contributed by atoms with Gasteiger partial charge in [0.15, 0.2) is 0 Å². The molecule has 0 N–H and O–H groups in total. The summed E-state index contributed by atoms with van der Waals surface area (Å²) >= 11 is 2.87. The topological polar surface area (TPSA) is 9.23 Å². The van der Waals surface area contributed by atoms with E-state index >= 15 is 0 Å². The molecule has 93 valence electrons. The van der Waals surface area contributed by atoms with Gasteiger partial charge in [0.25, 0.3) is 0 Å². The zero-order valence-electron chi connectivity index (χ0n) is 8.96. The first kappa shape index (κ1) is 13.0. The second kappa shape index (κ2) is 5.02. The minimum atomic E-state index is -4.41. The van der Waals surface area contributed by atoms with Crippen molar-refractivity contribution in [1.29, 1.82) is 0 Å². The van der Waals surface area contributed by atoms with Crippen molar-refractivity contribution < 1.29 is 17.9 Å². The average Bonchev–Trinajstić information content (AvgIpc) is 2.31. The normalized spacial score (nSPS) is 11.3. The molecule has 0 bridgehead atoms. The summed E-state index contributed by atoms with van der Waals surface area (Å²) in [6.07, 6.45) is -4.41. The maximum absolute atomic E-state index is 12.7. The lowest BCUT2D eigenvalue weighted by Gasteiger charge is -2.11. The van der Waals surface area contributed by atoms with Crippen LogP contribution in [0.1, 0.15) is 5.56 Å². The molecule has 1 nitrogen and oxygen atoms in total. The van der Waals surface area contributed by atoms with E-state index in [-0.39, 0.29) is 10.2 Å². The summed E-state index contributed by atoms with van der Waals surface area (Å²) < 4.78 is 43.3. The van der Waals surface area contributed by atoms with E-state index in [1.54, 1.807) is 24.3 Å². The van der Waals surface area contributed by atoms with Crippen molar-refractivity contribution in [3.8, 4) is 11.5 Å². The molecule has 18 heavy (non-hydrogen) atoms. The molecular weight excluding hydrogens is 309 g/mol. The summed E-state index contributed by atoms with van der Waals surface area (Å²) in [7, 11) is 0. The predicted molar refractivity (Wildman–Crippen MR) is 64.5 cm³/mol. The van der Waals surface area contributed by atoms with Gasteiger partial charge in [-0.2, -0.15) is 13.2 Å². The molecule has 0 amide bonds. The van der Waals surface area contributed by atoms with Gasteiger partial charge >= 0.3 is 6.18 Å². The Hall–Kier alpha value is -1.49. The quantitative estimate of drug-likeness (QED) is 0.752. The molecule has 0 aliphatic heterocycles. The third-order valence-electron chi connectivity index (χ3n) is 2.17. The van der Waals surface area contributed by atoms with Gasteiger partial charge in [0, 0.05) is 4.47 Å². The van der Waals surface area contributed by atoms with Gasteiger partial charge in [-0.05, 0) is 36.4 Å². The van der Waals surface area contributed by atoms with Crippen molar-refractivity contribution in [1.82, 2.24) is 0 Å². The van der Waals surface area contributed by atoms with Crippen LogP contribution in [0.4, 0.5) is 13.2 Å². The molecule has 0 heterocycles. The van der Waals surface area contributed by atoms with E-state index in [0.717, 1.165) is 6.07 Å². The van der Waals surface area contributed by atoms with Gasteiger partial charge in [-0.1, -0.05) is 28.1 Å². The van der Waals surface area contributed by atoms with Crippen LogP contribution in [0.5, 0.6) is 11.5 Å². The van der Waals surface area contributed by atoms with E-state index < -0.39 is 11.7 Å². The third-order valence-corrected chi connectivity index (χ3v) is 2.86. The van der Waals surface area contributed by atoms with Gasteiger partial charge in [-0.3, -0.25) is 0 Å². The molecule has 0 aromatic heterocycles. The Morgan fingerprint density at radius 3 is 2.28 bits per heavy atom. The number of benzene rings is 2. The molecule has 0 atom stereocenters. The van der Waals surface area contributed by atoms with Gasteiger partial charge in [0.05, 0.1) is 5.56 Å². The molecule has 0 aliphatic carbocycles. The molecule has 0 unspecified atom stereocenters. The van der Waals surface area contributed by atoms with Crippen molar-refractivity contribution in [2.45, 2.75) is 6.18 Å². The van der Waals surface area contributed by atoms with E-state index in [1.165, 1.54) is 12.1 Å². The maximum atomic E-state index is 12.7. The fraction of sp³-hybridized carbons (Fsp3) is 0.0769. The molecule has 0 saturated carbocycles. The molecule has 0 aliphatic rings. The molecule has 2 rings (SSSR count).